The van der Waals surface area contributed by atoms with Crippen LogP contribution in [0, 0.1) is 0 Å². The van der Waals surface area contributed by atoms with Crippen molar-refractivity contribution in [2.75, 3.05) is 42.9 Å². The Bertz CT molecular complexity index is 697. The van der Waals surface area contributed by atoms with E-state index in [9.17, 15) is 22.8 Å². The summed E-state index contributed by atoms with van der Waals surface area (Å²) in [6, 6.07) is 2.57. The van der Waals surface area contributed by atoms with Gasteiger partial charge in [0.1, 0.15) is 6.54 Å². The number of fused-ring (bicyclic) bond motifs is 1. The van der Waals surface area contributed by atoms with Gasteiger partial charge in [-0.2, -0.15) is 13.2 Å². The monoisotopic (exact) mass is 428 g/mol. The van der Waals surface area contributed by atoms with Crippen LogP contribution in [0.1, 0.15) is 12.5 Å². The second-order valence-corrected chi connectivity index (χ2v) is 6.16. The lowest BCUT2D eigenvalue weighted by molar-refractivity contribution is -0.137. The Hall–Kier alpha value is -1.55. The maximum absolute atomic E-state index is 12.9. The number of anilines is 2. The zero-order valence-corrected chi connectivity index (χ0v) is 16.1. The molecule has 1 aromatic carbocycles. The van der Waals surface area contributed by atoms with Gasteiger partial charge >= 0.3 is 6.18 Å². The van der Waals surface area contributed by atoms with Crippen molar-refractivity contribution in [3.63, 3.8) is 0 Å². The summed E-state index contributed by atoms with van der Waals surface area (Å²) in [6.07, 6.45) is -4.51. The van der Waals surface area contributed by atoms with Crippen LogP contribution in [0.3, 0.4) is 0 Å². The van der Waals surface area contributed by atoms with Crippen LogP contribution < -0.4 is 15.5 Å². The average Bonchev–Trinajstić information content (AvgIpc) is 2.59. The molecule has 2 aliphatic heterocycles. The molecule has 11 heteroatoms. The molecule has 2 N–H and O–H groups in total. The van der Waals surface area contributed by atoms with Gasteiger partial charge in [0.25, 0.3) is 0 Å². The summed E-state index contributed by atoms with van der Waals surface area (Å²) in [5.74, 6) is -0.801. The van der Waals surface area contributed by atoms with E-state index >= 15 is 0 Å². The van der Waals surface area contributed by atoms with Gasteiger partial charge in [-0.15, -0.1) is 24.8 Å². The standard InChI is InChI=1S/C16H19F3N4O2.2ClH/c1-10(22-6-4-20-5-7-22)15(25)23-9-14(24)21-12-8-11(16(17,18)19)2-3-13(12)23;;/h2-3,8,10,20H,4-7,9H2,1H3,(H,21,24);2*1H. The number of amides is 2. The van der Waals surface area contributed by atoms with Gasteiger partial charge in [-0.3, -0.25) is 19.4 Å². The summed E-state index contributed by atoms with van der Waals surface area (Å²) in [5.41, 5.74) is -0.567. The molecule has 1 unspecified atom stereocenters. The molecule has 152 valence electrons. The first-order valence-electron chi connectivity index (χ1n) is 8.04. The number of carbonyl (C=O) groups is 2. The smallest absolute Gasteiger partial charge is 0.323 e. The SMILES string of the molecule is CC(C(=O)N1CC(=O)Nc2cc(C(F)(F)F)ccc21)N1CCNCC1.Cl.Cl. The van der Waals surface area contributed by atoms with Crippen LogP contribution in [0.25, 0.3) is 0 Å². The molecule has 0 bridgehead atoms. The molecule has 0 spiro atoms. The van der Waals surface area contributed by atoms with Gasteiger partial charge in [0.15, 0.2) is 0 Å². The molecule has 2 heterocycles. The van der Waals surface area contributed by atoms with E-state index in [1.165, 1.54) is 11.0 Å². The number of rotatable bonds is 2. The van der Waals surface area contributed by atoms with Crippen LogP contribution in [0.15, 0.2) is 18.2 Å². The molecule has 0 saturated carbocycles. The minimum Gasteiger partial charge on any atom is -0.323 e. The topological polar surface area (TPSA) is 64.7 Å². The highest BCUT2D eigenvalue weighted by Gasteiger charge is 2.36. The third-order valence-electron chi connectivity index (χ3n) is 4.51. The highest BCUT2D eigenvalue weighted by atomic mass is 35.5. The van der Waals surface area contributed by atoms with Crippen LogP contribution in [-0.2, 0) is 15.8 Å². The van der Waals surface area contributed by atoms with E-state index in [0.29, 0.717) is 18.8 Å². The lowest BCUT2D eigenvalue weighted by atomic mass is 10.1. The third kappa shape index (κ3) is 5.04. The lowest BCUT2D eigenvalue weighted by Crippen LogP contribution is -2.55. The molecule has 0 radical (unpaired) electrons. The fraction of sp³-hybridized carbons (Fsp3) is 0.500. The van der Waals surface area contributed by atoms with E-state index in [4.69, 9.17) is 0 Å². The number of hydrogen-bond donors (Lipinski definition) is 2. The maximum atomic E-state index is 12.9. The van der Waals surface area contributed by atoms with Crippen LogP contribution >= 0.6 is 24.8 Å². The van der Waals surface area contributed by atoms with Crippen LogP contribution in [0.4, 0.5) is 24.5 Å². The number of nitrogens with zero attached hydrogens (tertiary/aromatic N) is 2. The number of piperazine rings is 1. The molecular formula is C16H21Cl2F3N4O2. The summed E-state index contributed by atoms with van der Waals surface area (Å²) in [4.78, 5) is 28.0. The zero-order valence-electron chi connectivity index (χ0n) is 14.5. The molecule has 0 aromatic heterocycles. The predicted octanol–water partition coefficient (Wildman–Crippen LogP) is 2.13. The van der Waals surface area contributed by atoms with Crippen molar-refractivity contribution in [3.05, 3.63) is 23.8 Å². The van der Waals surface area contributed by atoms with Crippen molar-refractivity contribution >= 4 is 48.0 Å². The average molecular weight is 429 g/mol. The Morgan fingerprint density at radius 3 is 2.41 bits per heavy atom. The molecule has 2 aliphatic rings. The second-order valence-electron chi connectivity index (χ2n) is 6.16. The molecule has 2 amide bonds. The molecular weight excluding hydrogens is 408 g/mol. The Morgan fingerprint density at radius 1 is 1.19 bits per heavy atom. The first-order valence-corrected chi connectivity index (χ1v) is 8.04. The maximum Gasteiger partial charge on any atom is 0.416 e. The number of benzene rings is 1. The number of hydrogen-bond acceptors (Lipinski definition) is 4. The van der Waals surface area contributed by atoms with E-state index in [1.54, 1.807) is 6.92 Å². The fourth-order valence-electron chi connectivity index (χ4n) is 3.11. The normalized spacial score (nSPS) is 18.5. The summed E-state index contributed by atoms with van der Waals surface area (Å²) in [6.45, 7) is 4.49. The summed E-state index contributed by atoms with van der Waals surface area (Å²) in [5, 5.41) is 5.61. The predicted molar refractivity (Wildman–Crippen MR) is 101 cm³/mol. The zero-order chi connectivity index (χ0) is 18.2. The van der Waals surface area contributed by atoms with Crippen molar-refractivity contribution in [3.8, 4) is 0 Å². The summed E-state index contributed by atoms with van der Waals surface area (Å²) < 4.78 is 38.6. The van der Waals surface area contributed by atoms with E-state index < -0.39 is 23.7 Å². The highest BCUT2D eigenvalue weighted by Crippen LogP contribution is 2.37. The first-order chi connectivity index (χ1) is 11.8. The number of alkyl halides is 3. The first kappa shape index (κ1) is 23.5. The minimum absolute atomic E-state index is 0. The minimum atomic E-state index is -4.51. The van der Waals surface area contributed by atoms with Gasteiger partial charge in [0.05, 0.1) is 23.0 Å². The van der Waals surface area contributed by atoms with Crippen molar-refractivity contribution in [1.82, 2.24) is 10.2 Å². The molecule has 1 saturated heterocycles. The largest absolute Gasteiger partial charge is 0.416 e. The van der Waals surface area contributed by atoms with Gasteiger partial charge in [-0.25, -0.2) is 0 Å². The Labute approximate surface area is 167 Å². The highest BCUT2D eigenvalue weighted by molar-refractivity contribution is 6.11. The van der Waals surface area contributed by atoms with Crippen LogP contribution in [0.5, 0.6) is 0 Å². The molecule has 3 rings (SSSR count). The number of carbonyl (C=O) groups excluding carboxylic acids is 2. The molecule has 1 atom stereocenters. The summed E-state index contributed by atoms with van der Waals surface area (Å²) in [7, 11) is 0. The number of halogens is 5. The molecule has 0 aliphatic carbocycles. The fourth-order valence-corrected chi connectivity index (χ4v) is 3.11. The van der Waals surface area contributed by atoms with Gasteiger partial charge < -0.3 is 10.6 Å². The molecule has 6 nitrogen and oxygen atoms in total. The Kier molecular flexibility index (Phi) is 7.91. The van der Waals surface area contributed by atoms with E-state index in [2.05, 4.69) is 10.6 Å². The van der Waals surface area contributed by atoms with Gasteiger partial charge in [-0.05, 0) is 25.1 Å². The van der Waals surface area contributed by atoms with Crippen molar-refractivity contribution < 1.29 is 22.8 Å². The number of nitrogens with one attached hydrogen (secondary N) is 2. The molecule has 1 fully saturated rings. The van der Waals surface area contributed by atoms with Crippen molar-refractivity contribution in [2.24, 2.45) is 0 Å². The molecule has 1 aromatic rings. The third-order valence-corrected chi connectivity index (χ3v) is 4.51. The molecule has 27 heavy (non-hydrogen) atoms. The van der Waals surface area contributed by atoms with Gasteiger partial charge in [0.2, 0.25) is 11.8 Å². The van der Waals surface area contributed by atoms with E-state index in [-0.39, 0.29) is 43.0 Å². The van der Waals surface area contributed by atoms with E-state index in [0.717, 1.165) is 25.2 Å². The van der Waals surface area contributed by atoms with Crippen LogP contribution in [-0.4, -0.2) is 55.5 Å². The Morgan fingerprint density at radius 2 is 1.81 bits per heavy atom. The Balaban J connectivity index is 0.00000182. The quantitative estimate of drug-likeness (QED) is 0.757. The van der Waals surface area contributed by atoms with Gasteiger partial charge in [0, 0.05) is 26.2 Å². The lowest BCUT2D eigenvalue weighted by Gasteiger charge is -2.37. The second kappa shape index (κ2) is 9.09. The van der Waals surface area contributed by atoms with Crippen molar-refractivity contribution in [2.45, 2.75) is 19.1 Å². The summed E-state index contributed by atoms with van der Waals surface area (Å²) >= 11 is 0. The van der Waals surface area contributed by atoms with Crippen LogP contribution in [0.2, 0.25) is 0 Å². The van der Waals surface area contributed by atoms with E-state index in [1.807, 2.05) is 4.90 Å². The van der Waals surface area contributed by atoms with Gasteiger partial charge in [-0.1, -0.05) is 0 Å². The van der Waals surface area contributed by atoms with Crippen molar-refractivity contribution in [1.29, 1.82) is 0 Å².